The average molecular weight is 284 g/mol. The lowest BCUT2D eigenvalue weighted by molar-refractivity contribution is 0.209. The van der Waals surface area contributed by atoms with E-state index in [9.17, 15) is 0 Å². The van der Waals surface area contributed by atoms with E-state index >= 15 is 0 Å². The van der Waals surface area contributed by atoms with E-state index in [4.69, 9.17) is 10.5 Å². The minimum Gasteiger partial charge on any atom is -0.488 e. The molecule has 1 aliphatic heterocycles. The zero-order valence-electron chi connectivity index (χ0n) is 13.0. The standard InChI is InChI=1S/C18H24N2O/c1-12(2)18(19)14-6-7-20(10-14)11-16-9-15-8-13(3)4-5-17(15)21-16/h4-8,10,12,16,18H,9,11,19H2,1-3H3. The maximum absolute atomic E-state index is 6.20. The third-order valence-corrected chi connectivity index (χ3v) is 4.25. The van der Waals surface area contributed by atoms with Gasteiger partial charge in [-0.05, 0) is 36.1 Å². The van der Waals surface area contributed by atoms with Gasteiger partial charge in [0.05, 0.1) is 6.54 Å². The van der Waals surface area contributed by atoms with Crippen molar-refractivity contribution in [2.24, 2.45) is 11.7 Å². The smallest absolute Gasteiger partial charge is 0.123 e. The summed E-state index contributed by atoms with van der Waals surface area (Å²) in [5.74, 6) is 1.49. The molecule has 2 unspecified atom stereocenters. The van der Waals surface area contributed by atoms with Gasteiger partial charge in [-0.3, -0.25) is 0 Å². The van der Waals surface area contributed by atoms with E-state index in [1.807, 2.05) is 0 Å². The molecule has 1 aromatic heterocycles. The molecule has 1 aliphatic rings. The maximum atomic E-state index is 6.20. The van der Waals surface area contributed by atoms with Crippen molar-refractivity contribution in [3.63, 3.8) is 0 Å². The number of fused-ring (bicyclic) bond motifs is 1. The molecule has 3 heteroatoms. The summed E-state index contributed by atoms with van der Waals surface area (Å²) in [5.41, 5.74) is 10.0. The van der Waals surface area contributed by atoms with Gasteiger partial charge in [-0.2, -0.15) is 0 Å². The molecular weight excluding hydrogens is 260 g/mol. The van der Waals surface area contributed by atoms with Gasteiger partial charge in [-0.25, -0.2) is 0 Å². The topological polar surface area (TPSA) is 40.2 Å². The van der Waals surface area contributed by atoms with Crippen LogP contribution in [-0.4, -0.2) is 10.7 Å². The summed E-state index contributed by atoms with van der Waals surface area (Å²) in [4.78, 5) is 0. The number of nitrogens with two attached hydrogens (primary N) is 1. The highest BCUT2D eigenvalue weighted by Crippen LogP contribution is 2.30. The van der Waals surface area contributed by atoms with Gasteiger partial charge in [0.15, 0.2) is 0 Å². The number of hydrogen-bond acceptors (Lipinski definition) is 2. The van der Waals surface area contributed by atoms with Gasteiger partial charge in [-0.15, -0.1) is 0 Å². The summed E-state index contributed by atoms with van der Waals surface area (Å²) >= 11 is 0. The van der Waals surface area contributed by atoms with Crippen molar-refractivity contribution in [1.29, 1.82) is 0 Å². The van der Waals surface area contributed by atoms with E-state index in [1.54, 1.807) is 0 Å². The highest BCUT2D eigenvalue weighted by Gasteiger charge is 2.23. The Hall–Kier alpha value is -1.74. The van der Waals surface area contributed by atoms with Gasteiger partial charge in [-0.1, -0.05) is 31.5 Å². The van der Waals surface area contributed by atoms with E-state index in [1.165, 1.54) is 16.7 Å². The van der Waals surface area contributed by atoms with Crippen molar-refractivity contribution in [2.75, 3.05) is 0 Å². The number of aromatic nitrogens is 1. The summed E-state index contributed by atoms with van der Waals surface area (Å²) in [5, 5.41) is 0. The second-order valence-electron chi connectivity index (χ2n) is 6.47. The fourth-order valence-corrected chi connectivity index (χ4v) is 2.94. The van der Waals surface area contributed by atoms with E-state index < -0.39 is 0 Å². The third kappa shape index (κ3) is 2.98. The number of ether oxygens (including phenoxy) is 1. The molecule has 0 bridgehead atoms. The molecule has 3 rings (SSSR count). The van der Waals surface area contributed by atoms with Crippen LogP contribution in [0.1, 0.15) is 36.6 Å². The molecule has 0 fully saturated rings. The Kier molecular flexibility index (Phi) is 3.77. The minimum absolute atomic E-state index is 0.107. The van der Waals surface area contributed by atoms with Crippen molar-refractivity contribution >= 4 is 0 Å². The summed E-state index contributed by atoms with van der Waals surface area (Å²) in [6, 6.07) is 8.65. The van der Waals surface area contributed by atoms with Crippen LogP contribution in [0.15, 0.2) is 36.7 Å². The quantitative estimate of drug-likeness (QED) is 0.934. The predicted octanol–water partition coefficient (Wildman–Crippen LogP) is 3.46. The molecule has 2 heterocycles. The lowest BCUT2D eigenvalue weighted by atomic mass is 10.00. The fraction of sp³-hybridized carbons (Fsp3) is 0.444. The molecule has 112 valence electrons. The SMILES string of the molecule is Cc1ccc2c(c1)CC(Cn1ccc(C(N)C(C)C)c1)O2. The van der Waals surface area contributed by atoms with Crippen LogP contribution in [0.3, 0.4) is 0 Å². The first-order chi connectivity index (χ1) is 10.0. The molecule has 0 saturated heterocycles. The molecule has 1 aromatic carbocycles. The summed E-state index contributed by atoms with van der Waals surface area (Å²) in [6.07, 6.45) is 5.47. The number of rotatable bonds is 4. The average Bonchev–Trinajstić information content (AvgIpc) is 3.04. The lowest BCUT2D eigenvalue weighted by Crippen LogP contribution is -2.20. The van der Waals surface area contributed by atoms with E-state index in [0.29, 0.717) is 5.92 Å². The molecule has 2 N–H and O–H groups in total. The number of nitrogens with zero attached hydrogens (tertiary/aromatic N) is 1. The molecule has 0 radical (unpaired) electrons. The maximum Gasteiger partial charge on any atom is 0.123 e. The molecule has 3 nitrogen and oxygen atoms in total. The molecule has 2 aromatic rings. The molecule has 0 amide bonds. The van der Waals surface area contributed by atoms with Gasteiger partial charge < -0.3 is 15.0 Å². The van der Waals surface area contributed by atoms with Crippen LogP contribution < -0.4 is 10.5 Å². The first-order valence-corrected chi connectivity index (χ1v) is 7.70. The highest BCUT2D eigenvalue weighted by molar-refractivity contribution is 5.40. The first-order valence-electron chi connectivity index (χ1n) is 7.70. The zero-order chi connectivity index (χ0) is 15.0. The van der Waals surface area contributed by atoms with Crippen molar-refractivity contribution < 1.29 is 4.74 Å². The predicted molar refractivity (Wildman–Crippen MR) is 85.5 cm³/mol. The van der Waals surface area contributed by atoms with Crippen molar-refractivity contribution in [2.45, 2.75) is 45.9 Å². The number of aryl methyl sites for hydroxylation is 1. The van der Waals surface area contributed by atoms with Crippen LogP contribution in [0.2, 0.25) is 0 Å². The zero-order valence-corrected chi connectivity index (χ0v) is 13.0. The summed E-state index contributed by atoms with van der Waals surface area (Å²) in [7, 11) is 0. The Morgan fingerprint density at radius 3 is 2.90 bits per heavy atom. The van der Waals surface area contributed by atoms with Gasteiger partial charge >= 0.3 is 0 Å². The van der Waals surface area contributed by atoms with Crippen LogP contribution >= 0.6 is 0 Å². The van der Waals surface area contributed by atoms with E-state index in [-0.39, 0.29) is 12.1 Å². The van der Waals surface area contributed by atoms with Crippen molar-refractivity contribution in [3.05, 3.63) is 53.3 Å². The van der Waals surface area contributed by atoms with Gasteiger partial charge in [0.2, 0.25) is 0 Å². The normalized spacial score (nSPS) is 18.6. The molecule has 0 saturated carbocycles. The van der Waals surface area contributed by atoms with Crippen LogP contribution in [-0.2, 0) is 13.0 Å². The lowest BCUT2D eigenvalue weighted by Gasteiger charge is -2.14. The Balaban J connectivity index is 1.66. The molecule has 0 spiro atoms. The Labute approximate surface area is 126 Å². The minimum atomic E-state index is 0.107. The Morgan fingerprint density at radius 1 is 1.33 bits per heavy atom. The second-order valence-corrected chi connectivity index (χ2v) is 6.47. The second kappa shape index (κ2) is 5.57. The van der Waals surface area contributed by atoms with Gasteiger partial charge in [0, 0.05) is 24.9 Å². The number of benzene rings is 1. The Morgan fingerprint density at radius 2 is 2.14 bits per heavy atom. The monoisotopic (exact) mass is 284 g/mol. The van der Waals surface area contributed by atoms with E-state index in [0.717, 1.165) is 18.7 Å². The Bertz CT molecular complexity index is 630. The van der Waals surface area contributed by atoms with Crippen molar-refractivity contribution in [1.82, 2.24) is 4.57 Å². The van der Waals surface area contributed by atoms with E-state index in [2.05, 4.69) is 62.0 Å². The fourth-order valence-electron chi connectivity index (χ4n) is 2.94. The largest absolute Gasteiger partial charge is 0.488 e. The highest BCUT2D eigenvalue weighted by atomic mass is 16.5. The van der Waals surface area contributed by atoms with Crippen LogP contribution in [0.4, 0.5) is 0 Å². The van der Waals surface area contributed by atoms with Gasteiger partial charge in [0.1, 0.15) is 11.9 Å². The van der Waals surface area contributed by atoms with Crippen LogP contribution in [0.5, 0.6) is 5.75 Å². The van der Waals surface area contributed by atoms with Crippen LogP contribution in [0, 0.1) is 12.8 Å². The molecule has 2 atom stereocenters. The third-order valence-electron chi connectivity index (χ3n) is 4.25. The summed E-state index contributed by atoms with van der Waals surface area (Å²) in [6.45, 7) is 7.31. The first kappa shape index (κ1) is 14.2. The molecule has 0 aliphatic carbocycles. The molecular formula is C18H24N2O. The van der Waals surface area contributed by atoms with Crippen LogP contribution in [0.25, 0.3) is 0 Å². The van der Waals surface area contributed by atoms with Crippen molar-refractivity contribution in [3.8, 4) is 5.75 Å². The number of hydrogen-bond donors (Lipinski definition) is 1. The summed E-state index contributed by atoms with van der Waals surface area (Å²) < 4.78 is 8.23. The van der Waals surface area contributed by atoms with Gasteiger partial charge in [0.25, 0.3) is 0 Å². The molecule has 21 heavy (non-hydrogen) atoms.